The van der Waals surface area contributed by atoms with Gasteiger partial charge in [-0.1, -0.05) is 18.2 Å². The molecule has 1 aliphatic carbocycles. The number of hydrogen-bond donors (Lipinski definition) is 1. The number of carbonyl (C=O) groups is 2. The van der Waals surface area contributed by atoms with Gasteiger partial charge in [0.15, 0.2) is 0 Å². The fourth-order valence-corrected chi connectivity index (χ4v) is 6.99. The molecule has 3 saturated heterocycles. The van der Waals surface area contributed by atoms with Crippen molar-refractivity contribution in [1.82, 2.24) is 14.7 Å². The number of anilines is 1. The van der Waals surface area contributed by atoms with Crippen LogP contribution in [0.5, 0.6) is 0 Å². The Balaban J connectivity index is 1.26. The highest BCUT2D eigenvalue weighted by molar-refractivity contribution is 5.96. The number of carboxylic acid groups (broad SMARTS) is 1. The molecule has 2 aromatic carbocycles. The van der Waals surface area contributed by atoms with Crippen LogP contribution in [0.4, 0.5) is 5.69 Å². The molecule has 2 bridgehead atoms. The monoisotopic (exact) mass is 556 g/mol. The van der Waals surface area contributed by atoms with Crippen molar-refractivity contribution in [2.75, 3.05) is 38.2 Å². The molecule has 0 unspecified atom stereocenters. The van der Waals surface area contributed by atoms with Gasteiger partial charge in [-0.15, -0.1) is 0 Å². The summed E-state index contributed by atoms with van der Waals surface area (Å²) in [6, 6.07) is 14.3. The number of aromatic nitrogens is 2. The molecule has 8 heteroatoms. The number of amides is 1. The number of carboxylic acids is 1. The molecule has 7 rings (SSSR count). The number of ether oxygens (including phenoxy) is 1. The van der Waals surface area contributed by atoms with Gasteiger partial charge in [-0.3, -0.25) is 9.48 Å². The number of aryl methyl sites for hydroxylation is 1. The Kier molecular flexibility index (Phi) is 7.24. The Hall–Kier alpha value is -3.49. The zero-order chi connectivity index (χ0) is 28.8. The van der Waals surface area contributed by atoms with E-state index in [0.717, 1.165) is 73.8 Å². The van der Waals surface area contributed by atoms with Crippen LogP contribution >= 0.6 is 0 Å². The van der Waals surface area contributed by atoms with Crippen molar-refractivity contribution in [2.45, 2.75) is 51.0 Å². The zero-order valence-corrected chi connectivity index (χ0v) is 24.3. The third-order valence-corrected chi connectivity index (χ3v) is 9.78. The Labute approximate surface area is 241 Å². The van der Waals surface area contributed by atoms with Crippen LogP contribution in [0.1, 0.15) is 56.6 Å². The van der Waals surface area contributed by atoms with Crippen LogP contribution in [-0.2, 0) is 27.0 Å². The summed E-state index contributed by atoms with van der Waals surface area (Å²) < 4.78 is 8.64. The van der Waals surface area contributed by atoms with Gasteiger partial charge in [-0.2, -0.15) is 5.10 Å². The number of likely N-dealkylation sites (tertiary alicyclic amines) is 1. The van der Waals surface area contributed by atoms with Crippen molar-refractivity contribution in [3.05, 3.63) is 65.4 Å². The molecule has 0 spiro atoms. The second-order valence-corrected chi connectivity index (χ2v) is 12.6. The van der Waals surface area contributed by atoms with Crippen LogP contribution in [0, 0.1) is 11.3 Å². The van der Waals surface area contributed by atoms with Gasteiger partial charge >= 0.3 is 5.97 Å². The summed E-state index contributed by atoms with van der Waals surface area (Å²) in [5.74, 6) is -0.782. The maximum Gasteiger partial charge on any atom is 0.331 e. The number of aliphatic carboxylic acids is 1. The van der Waals surface area contributed by atoms with Crippen molar-refractivity contribution >= 4 is 34.5 Å². The number of carbonyl (C=O) groups excluding carboxylic acids is 1. The lowest BCUT2D eigenvalue weighted by Gasteiger charge is -2.54. The molecule has 0 atom stereocenters. The van der Waals surface area contributed by atoms with Crippen LogP contribution in [0.15, 0.2) is 54.2 Å². The number of rotatable bonds is 7. The van der Waals surface area contributed by atoms with Gasteiger partial charge in [0.1, 0.15) is 0 Å². The van der Waals surface area contributed by atoms with E-state index in [1.807, 2.05) is 47.1 Å². The van der Waals surface area contributed by atoms with E-state index >= 15 is 0 Å². The molecule has 4 heterocycles. The Morgan fingerprint density at radius 1 is 1.10 bits per heavy atom. The second kappa shape index (κ2) is 10.7. The summed E-state index contributed by atoms with van der Waals surface area (Å²) in [6.45, 7) is 4.66. The van der Waals surface area contributed by atoms with Crippen LogP contribution in [0.2, 0.25) is 0 Å². The first-order valence-corrected chi connectivity index (χ1v) is 14.7. The van der Waals surface area contributed by atoms with E-state index in [1.54, 1.807) is 13.0 Å². The Morgan fingerprint density at radius 3 is 2.54 bits per heavy atom. The first-order valence-electron chi connectivity index (χ1n) is 14.7. The average molecular weight is 557 g/mol. The van der Waals surface area contributed by atoms with Crippen molar-refractivity contribution < 1.29 is 19.4 Å². The topological polar surface area (TPSA) is 87.9 Å². The van der Waals surface area contributed by atoms with E-state index in [4.69, 9.17) is 4.74 Å². The first-order chi connectivity index (χ1) is 19.7. The van der Waals surface area contributed by atoms with Crippen molar-refractivity contribution in [2.24, 2.45) is 18.4 Å². The Bertz CT molecular complexity index is 1480. The molecule has 41 heavy (non-hydrogen) atoms. The molecule has 3 aliphatic heterocycles. The maximum absolute atomic E-state index is 14.2. The van der Waals surface area contributed by atoms with Crippen LogP contribution in [0.3, 0.4) is 0 Å². The quantitative estimate of drug-likeness (QED) is 0.402. The summed E-state index contributed by atoms with van der Waals surface area (Å²) >= 11 is 0. The highest BCUT2D eigenvalue weighted by Gasteiger charge is 2.52. The van der Waals surface area contributed by atoms with Crippen molar-refractivity contribution in [3.8, 4) is 0 Å². The molecule has 4 aliphatic rings. The number of benzene rings is 2. The SMILES string of the molecule is C/C(=C\c1cccc(N(CC23CCC(c4ccc5c(cnn5C)c4)(CC2)OC3)C(=O)C2CCN(C)CC2)c1)C(=O)O. The molecule has 8 nitrogen and oxygen atoms in total. The second-order valence-electron chi connectivity index (χ2n) is 12.6. The third kappa shape index (κ3) is 5.31. The molecule has 4 fully saturated rings. The standard InChI is InChI=1S/C33H40N4O4/c1-23(31(39)40)17-24-5-4-6-28(18-24)37(30(38)25-9-15-35(2)16-10-25)21-32-11-13-33(14-12-32,41-22-32)27-7-8-29-26(19-27)20-34-36(29)3/h4-8,17-20,25H,9-16,21-22H2,1-3H3,(H,39,40)/b23-17+. The van der Waals surface area contributed by atoms with Gasteiger partial charge in [0, 0.05) is 41.6 Å². The van der Waals surface area contributed by atoms with Gasteiger partial charge in [0.05, 0.1) is 23.9 Å². The summed E-state index contributed by atoms with van der Waals surface area (Å²) in [5.41, 5.74) is 3.83. The fraction of sp³-hybridized carbons (Fsp3) is 0.485. The van der Waals surface area contributed by atoms with Gasteiger partial charge in [0.2, 0.25) is 5.91 Å². The van der Waals surface area contributed by atoms with Gasteiger partial charge in [-0.05, 0) is 107 Å². The van der Waals surface area contributed by atoms with Crippen molar-refractivity contribution in [1.29, 1.82) is 0 Å². The fourth-order valence-electron chi connectivity index (χ4n) is 6.99. The van der Waals surface area contributed by atoms with Gasteiger partial charge in [-0.25, -0.2) is 4.79 Å². The summed E-state index contributed by atoms with van der Waals surface area (Å²) in [5, 5.41) is 14.9. The maximum atomic E-state index is 14.2. The smallest absolute Gasteiger partial charge is 0.331 e. The first kappa shape index (κ1) is 27.7. The van der Waals surface area contributed by atoms with Crippen LogP contribution in [-0.4, -0.2) is 65.0 Å². The molecule has 1 amide bonds. The molecule has 3 aromatic rings. The van der Waals surface area contributed by atoms with E-state index in [0.29, 0.717) is 13.2 Å². The van der Waals surface area contributed by atoms with E-state index in [1.165, 1.54) is 5.56 Å². The van der Waals surface area contributed by atoms with E-state index in [2.05, 4.69) is 35.2 Å². The lowest BCUT2D eigenvalue weighted by molar-refractivity contribution is -0.186. The summed E-state index contributed by atoms with van der Waals surface area (Å²) in [6.07, 6.45) is 9.13. The van der Waals surface area contributed by atoms with Crippen LogP contribution in [0.25, 0.3) is 17.0 Å². The molecule has 1 aromatic heterocycles. The number of nitrogens with zero attached hydrogens (tertiary/aromatic N) is 4. The number of piperidine rings is 1. The zero-order valence-electron chi connectivity index (χ0n) is 24.3. The lowest BCUT2D eigenvalue weighted by Crippen LogP contribution is -2.55. The van der Waals surface area contributed by atoms with E-state index < -0.39 is 5.97 Å². The minimum atomic E-state index is -0.943. The third-order valence-electron chi connectivity index (χ3n) is 9.78. The number of hydrogen-bond acceptors (Lipinski definition) is 5. The number of fused-ring (bicyclic) bond motifs is 4. The van der Waals surface area contributed by atoms with E-state index in [9.17, 15) is 14.7 Å². The van der Waals surface area contributed by atoms with Gasteiger partial charge < -0.3 is 19.6 Å². The minimum absolute atomic E-state index is 0.0130. The Morgan fingerprint density at radius 2 is 1.85 bits per heavy atom. The average Bonchev–Trinajstić information content (AvgIpc) is 3.37. The highest BCUT2D eigenvalue weighted by atomic mass is 16.5. The molecule has 1 saturated carbocycles. The van der Waals surface area contributed by atoms with Crippen molar-refractivity contribution in [3.63, 3.8) is 0 Å². The molecular weight excluding hydrogens is 516 g/mol. The summed E-state index contributed by atoms with van der Waals surface area (Å²) in [4.78, 5) is 29.9. The largest absolute Gasteiger partial charge is 0.478 e. The molecule has 1 N–H and O–H groups in total. The van der Waals surface area contributed by atoms with E-state index in [-0.39, 0.29) is 28.4 Å². The summed E-state index contributed by atoms with van der Waals surface area (Å²) in [7, 11) is 4.07. The molecular formula is C33H40N4O4. The molecule has 0 radical (unpaired) electrons. The predicted octanol–water partition coefficient (Wildman–Crippen LogP) is 5.22. The normalized spacial score (nSPS) is 25.5. The van der Waals surface area contributed by atoms with Crippen LogP contribution < -0.4 is 4.90 Å². The molecule has 216 valence electrons. The predicted molar refractivity (Wildman–Crippen MR) is 160 cm³/mol. The highest BCUT2D eigenvalue weighted by Crippen LogP contribution is 2.54. The van der Waals surface area contributed by atoms with Gasteiger partial charge in [0.25, 0.3) is 0 Å². The lowest BCUT2D eigenvalue weighted by atomic mass is 9.64. The minimum Gasteiger partial charge on any atom is -0.478 e.